The summed E-state index contributed by atoms with van der Waals surface area (Å²) in [5.74, 6) is 3.33. The quantitative estimate of drug-likeness (QED) is 0.135. The molecule has 0 aliphatic carbocycles. The number of rotatable bonds is 9. The molecule has 10 rings (SSSR count). The number of aromatic nitrogens is 3. The molecule has 334 valence electrons. The second-order valence-electron chi connectivity index (χ2n) is 14.3. The van der Waals surface area contributed by atoms with Crippen molar-refractivity contribution in [2.24, 2.45) is 0 Å². The van der Waals surface area contributed by atoms with E-state index in [4.69, 9.17) is 38.3 Å². The van der Waals surface area contributed by atoms with E-state index in [1.807, 2.05) is 35.2 Å². The fraction of sp³-hybridized carbons (Fsp3) is 0.234. The number of fused-ring (bicyclic) bond motifs is 6. The average Bonchev–Trinajstić information content (AvgIpc) is 4.11. The normalized spacial score (nSPS) is 12.4. The summed E-state index contributed by atoms with van der Waals surface area (Å²) in [6.07, 6.45) is 10.3. The number of carboxylic acids is 1. The Kier molecular flexibility index (Phi) is 13.1. The summed E-state index contributed by atoms with van der Waals surface area (Å²) in [6.45, 7) is 3.96. The minimum absolute atomic E-state index is 0.0239. The van der Waals surface area contributed by atoms with Crippen molar-refractivity contribution >= 4 is 114 Å². The molecule has 0 saturated carbocycles. The Hall–Kier alpha value is -6.86. The lowest BCUT2D eigenvalue weighted by Gasteiger charge is -2.26. The number of carbonyl (C=O) groups is 3. The molecule has 1 amide bonds. The Balaban J connectivity index is 0.000000134. The highest BCUT2D eigenvalue weighted by molar-refractivity contribution is 7.22. The van der Waals surface area contributed by atoms with Crippen LogP contribution in [0.3, 0.4) is 0 Å². The van der Waals surface area contributed by atoms with Crippen molar-refractivity contribution in [3.8, 4) is 34.5 Å². The first kappa shape index (κ1) is 44.7. The number of ketones is 1. The van der Waals surface area contributed by atoms with E-state index in [-0.39, 0.29) is 16.6 Å². The zero-order valence-corrected chi connectivity index (χ0v) is 38.7. The Morgan fingerprint density at radius 1 is 0.523 bits per heavy atom. The van der Waals surface area contributed by atoms with Gasteiger partial charge in [0, 0.05) is 98.7 Å². The SMILES string of the molecule is COc1c2ccncc2c(OC)c2sc(C(=O)N3CCOCC3)cc12.COc1c2ccncc2c(OC)c2sc(C(=O)O)cc12.COc1c2ccncc2c(OC)c2sc(C(C)=O)cc12. The first-order chi connectivity index (χ1) is 31.6. The highest BCUT2D eigenvalue weighted by atomic mass is 32.1. The molecule has 1 saturated heterocycles. The summed E-state index contributed by atoms with van der Waals surface area (Å²) in [7, 11) is 9.67. The standard InChI is InChI=1S/C18H18N2O4S.C15H13NO3S.C14H11NO4S/c1-22-15-11-3-4-19-10-13(11)16(23-2)17-12(15)9-14(25-17)18(21)20-5-7-24-8-6-20;1-8(17)12-6-10-13(18-2)9-4-5-16-7-11(9)14(19-3)15(10)20-12;1-18-11-7-3-4-15-6-9(7)12(19-2)13-8(11)5-10(20-13)14(16)17/h3-4,9-10H,5-8H2,1-2H3;4-7H,1-3H3;3-6H,1-2H3,(H,16,17). The van der Waals surface area contributed by atoms with Crippen LogP contribution in [0.25, 0.3) is 62.6 Å². The molecule has 1 aliphatic rings. The number of aromatic carboxylic acids is 1. The van der Waals surface area contributed by atoms with E-state index < -0.39 is 5.97 Å². The average molecular weight is 935 g/mol. The van der Waals surface area contributed by atoms with Crippen LogP contribution in [0.1, 0.15) is 35.9 Å². The lowest BCUT2D eigenvalue weighted by atomic mass is 10.1. The van der Waals surface area contributed by atoms with E-state index in [1.165, 1.54) is 34.0 Å². The van der Waals surface area contributed by atoms with E-state index >= 15 is 0 Å². The van der Waals surface area contributed by atoms with Gasteiger partial charge in [0.1, 0.15) is 39.4 Å². The Bertz CT molecular complexity index is 2960. The first-order valence-electron chi connectivity index (χ1n) is 19.9. The molecule has 0 radical (unpaired) electrons. The molecule has 1 aliphatic heterocycles. The van der Waals surface area contributed by atoms with Gasteiger partial charge in [0.15, 0.2) is 5.78 Å². The van der Waals surface area contributed by atoms with Gasteiger partial charge < -0.3 is 43.2 Å². The fourth-order valence-corrected chi connectivity index (χ4v) is 11.2. The number of amides is 1. The Morgan fingerprint density at radius 3 is 1.25 bits per heavy atom. The van der Waals surface area contributed by atoms with Crippen LogP contribution in [0.5, 0.6) is 34.5 Å². The predicted octanol–water partition coefficient (Wildman–Crippen LogP) is 9.77. The number of benzene rings is 3. The van der Waals surface area contributed by atoms with Crippen LogP contribution >= 0.6 is 34.0 Å². The lowest BCUT2D eigenvalue weighted by Crippen LogP contribution is -2.40. The van der Waals surface area contributed by atoms with Gasteiger partial charge in [0.2, 0.25) is 0 Å². The van der Waals surface area contributed by atoms with E-state index in [9.17, 15) is 14.4 Å². The summed E-state index contributed by atoms with van der Waals surface area (Å²) in [5, 5.41) is 17.0. The van der Waals surface area contributed by atoms with E-state index in [0.29, 0.717) is 47.6 Å². The molecule has 0 atom stereocenters. The van der Waals surface area contributed by atoms with Gasteiger partial charge in [-0.3, -0.25) is 24.5 Å². The summed E-state index contributed by atoms with van der Waals surface area (Å²) in [4.78, 5) is 51.5. The Labute approximate surface area is 383 Å². The molecule has 18 heteroatoms. The van der Waals surface area contributed by atoms with E-state index in [1.54, 1.807) is 92.8 Å². The van der Waals surface area contributed by atoms with Crippen molar-refractivity contribution in [3.05, 3.63) is 88.2 Å². The number of ether oxygens (including phenoxy) is 7. The van der Waals surface area contributed by atoms with Crippen LogP contribution in [0.4, 0.5) is 0 Å². The van der Waals surface area contributed by atoms with Gasteiger partial charge in [-0.05, 0) is 43.3 Å². The van der Waals surface area contributed by atoms with Gasteiger partial charge in [0.05, 0.1) is 79.7 Å². The molecule has 0 bridgehead atoms. The maximum absolute atomic E-state index is 12.8. The topological polar surface area (TPSA) is 178 Å². The maximum atomic E-state index is 12.8. The zero-order chi connectivity index (χ0) is 45.9. The number of hydrogen-bond acceptors (Lipinski definition) is 16. The molecule has 1 N–H and O–H groups in total. The molecule has 1 fully saturated rings. The van der Waals surface area contributed by atoms with Crippen molar-refractivity contribution in [2.75, 3.05) is 69.0 Å². The molecule has 9 aromatic rings. The van der Waals surface area contributed by atoms with Crippen molar-refractivity contribution in [1.29, 1.82) is 0 Å². The second kappa shape index (κ2) is 19.1. The van der Waals surface area contributed by atoms with Crippen LogP contribution < -0.4 is 28.4 Å². The molecule has 7 heterocycles. The molecule has 15 nitrogen and oxygen atoms in total. The first-order valence-corrected chi connectivity index (χ1v) is 22.4. The van der Waals surface area contributed by atoms with Gasteiger partial charge in [0.25, 0.3) is 5.91 Å². The Morgan fingerprint density at radius 2 is 0.877 bits per heavy atom. The number of morpholine rings is 1. The third-order valence-corrected chi connectivity index (χ3v) is 14.2. The molecule has 6 aromatic heterocycles. The lowest BCUT2D eigenvalue weighted by molar-refractivity contribution is 0.0306. The highest BCUT2D eigenvalue weighted by Gasteiger charge is 2.25. The molecular formula is C47H42N4O11S3. The number of pyridine rings is 3. The second-order valence-corrected chi connectivity index (χ2v) is 17.4. The van der Waals surface area contributed by atoms with Crippen LogP contribution in [-0.4, -0.2) is 112 Å². The van der Waals surface area contributed by atoms with Crippen molar-refractivity contribution in [3.63, 3.8) is 0 Å². The number of Topliss-reactive ketones (excluding diaryl/α,β-unsaturated/α-hetero) is 1. The minimum atomic E-state index is -0.961. The molecule has 0 unspecified atom stereocenters. The monoisotopic (exact) mass is 934 g/mol. The largest absolute Gasteiger partial charge is 0.495 e. The fourth-order valence-electron chi connectivity index (χ4n) is 7.88. The van der Waals surface area contributed by atoms with Gasteiger partial charge in [-0.15, -0.1) is 34.0 Å². The molecule has 65 heavy (non-hydrogen) atoms. The van der Waals surface area contributed by atoms with Gasteiger partial charge >= 0.3 is 5.97 Å². The highest BCUT2D eigenvalue weighted by Crippen LogP contribution is 2.48. The van der Waals surface area contributed by atoms with Crippen LogP contribution in [-0.2, 0) is 4.74 Å². The number of carboxylic acid groups (broad SMARTS) is 1. The predicted molar refractivity (Wildman–Crippen MR) is 254 cm³/mol. The maximum Gasteiger partial charge on any atom is 0.345 e. The van der Waals surface area contributed by atoms with E-state index in [2.05, 4.69) is 15.0 Å². The number of thiophene rings is 3. The van der Waals surface area contributed by atoms with Crippen LogP contribution in [0, 0.1) is 0 Å². The zero-order valence-electron chi connectivity index (χ0n) is 36.3. The minimum Gasteiger partial charge on any atom is -0.495 e. The van der Waals surface area contributed by atoms with Gasteiger partial charge in [-0.25, -0.2) is 4.79 Å². The van der Waals surface area contributed by atoms with Crippen molar-refractivity contribution in [2.45, 2.75) is 6.92 Å². The summed E-state index contributed by atoms with van der Waals surface area (Å²) < 4.78 is 41.2. The number of carbonyl (C=O) groups excluding carboxylic acids is 2. The number of methoxy groups -OCH3 is 6. The van der Waals surface area contributed by atoms with E-state index in [0.717, 1.165) is 85.6 Å². The van der Waals surface area contributed by atoms with Crippen molar-refractivity contribution in [1.82, 2.24) is 19.9 Å². The number of nitrogens with zero attached hydrogens (tertiary/aromatic N) is 4. The summed E-state index contributed by atoms with van der Waals surface area (Å²) in [5.41, 5.74) is 0. The molecule has 3 aromatic carbocycles. The molecular weight excluding hydrogens is 893 g/mol. The van der Waals surface area contributed by atoms with Gasteiger partial charge in [-0.1, -0.05) is 0 Å². The van der Waals surface area contributed by atoms with Crippen LogP contribution in [0.2, 0.25) is 0 Å². The third kappa shape index (κ3) is 8.13. The summed E-state index contributed by atoms with van der Waals surface area (Å²) >= 11 is 4.02. The summed E-state index contributed by atoms with van der Waals surface area (Å²) in [6, 6.07) is 11.0. The van der Waals surface area contributed by atoms with Crippen LogP contribution in [0.15, 0.2) is 73.6 Å². The van der Waals surface area contributed by atoms with Crippen molar-refractivity contribution < 1.29 is 52.6 Å². The molecule has 0 spiro atoms. The third-order valence-electron chi connectivity index (χ3n) is 10.8. The van der Waals surface area contributed by atoms with Gasteiger partial charge in [-0.2, -0.15) is 0 Å². The number of hydrogen-bond donors (Lipinski definition) is 1. The smallest absolute Gasteiger partial charge is 0.345 e.